The van der Waals surface area contributed by atoms with Crippen LogP contribution in [0, 0.1) is 0 Å². The second-order valence-electron chi connectivity index (χ2n) is 7.56. The summed E-state index contributed by atoms with van der Waals surface area (Å²) in [5.41, 5.74) is 2.03. The highest BCUT2D eigenvalue weighted by Gasteiger charge is 2.34. The number of sulfonamides is 1. The first-order chi connectivity index (χ1) is 14.4. The fourth-order valence-corrected chi connectivity index (χ4v) is 7.09. The number of aromatic nitrogens is 3. The third-order valence-corrected chi connectivity index (χ3v) is 9.14. The number of hydrogen-bond acceptors (Lipinski definition) is 6. The number of fused-ring (bicyclic) bond motifs is 2. The number of hydrogen-bond donors (Lipinski definition) is 0. The zero-order valence-electron chi connectivity index (χ0n) is 16.1. The smallest absolute Gasteiger partial charge is 0.253 e. The van der Waals surface area contributed by atoms with Crippen molar-refractivity contribution in [3.63, 3.8) is 0 Å². The van der Waals surface area contributed by atoms with Crippen LogP contribution >= 0.6 is 22.9 Å². The highest BCUT2D eigenvalue weighted by atomic mass is 35.5. The second kappa shape index (κ2) is 7.60. The Morgan fingerprint density at radius 3 is 2.50 bits per heavy atom. The monoisotopic (exact) mass is 465 g/mol. The normalized spacial score (nSPS) is 18.2. The molecule has 0 spiro atoms. The molecule has 5 rings (SSSR count). The second-order valence-corrected chi connectivity index (χ2v) is 11.2. The molecule has 0 atom stereocenters. The fourth-order valence-electron chi connectivity index (χ4n) is 3.88. The lowest BCUT2D eigenvalue weighted by atomic mass is 10.0. The molecule has 0 bridgehead atoms. The lowest BCUT2D eigenvalue weighted by Gasteiger charge is -2.32. The van der Waals surface area contributed by atoms with Gasteiger partial charge in [0.15, 0.2) is 0 Å². The van der Waals surface area contributed by atoms with Crippen LogP contribution in [-0.4, -0.2) is 58.2 Å². The van der Waals surface area contributed by atoms with Crippen molar-refractivity contribution < 1.29 is 13.2 Å². The molecule has 2 aliphatic rings. The third-order valence-electron chi connectivity index (χ3n) is 5.52. The summed E-state index contributed by atoms with van der Waals surface area (Å²) in [4.78, 5) is 15.9. The highest BCUT2D eigenvalue weighted by molar-refractivity contribution is 7.91. The van der Waals surface area contributed by atoms with Gasteiger partial charge in [-0.2, -0.15) is 19.3 Å². The summed E-state index contributed by atoms with van der Waals surface area (Å²) >= 11 is 7.18. The van der Waals surface area contributed by atoms with E-state index in [1.807, 2.05) is 0 Å². The van der Waals surface area contributed by atoms with Gasteiger partial charge in [-0.05, 0) is 49.3 Å². The molecule has 0 unspecified atom stereocenters. The van der Waals surface area contributed by atoms with E-state index < -0.39 is 10.0 Å². The van der Waals surface area contributed by atoms with Crippen LogP contribution in [0.25, 0.3) is 10.1 Å². The number of nitrogens with zero attached hydrogens (tertiary/aromatic N) is 5. The number of carbonyl (C=O) groups excluding carboxylic acids is 1. The molecule has 1 amide bonds. The van der Waals surface area contributed by atoms with Crippen LogP contribution in [0.5, 0.6) is 0 Å². The summed E-state index contributed by atoms with van der Waals surface area (Å²) in [5.74, 6) is -0.246. The molecule has 0 radical (unpaired) electrons. The van der Waals surface area contributed by atoms with E-state index in [1.165, 1.54) is 15.6 Å². The number of aryl methyl sites for hydroxylation is 2. The predicted octanol–water partition coefficient (Wildman–Crippen LogP) is 2.52. The Kier molecular flexibility index (Phi) is 5.04. The van der Waals surface area contributed by atoms with Crippen LogP contribution in [0.4, 0.5) is 0 Å². The molecule has 1 aliphatic carbocycles. The van der Waals surface area contributed by atoms with Crippen LogP contribution in [0.15, 0.2) is 28.5 Å². The first-order valence-electron chi connectivity index (χ1n) is 9.80. The lowest BCUT2D eigenvalue weighted by molar-refractivity contribution is -0.136. The average Bonchev–Trinajstić information content (AvgIpc) is 3.32. The minimum atomic E-state index is -3.74. The molecule has 2 aromatic heterocycles. The van der Waals surface area contributed by atoms with Gasteiger partial charge in [0, 0.05) is 22.8 Å². The zero-order valence-corrected chi connectivity index (χ0v) is 18.5. The molecule has 30 heavy (non-hydrogen) atoms. The van der Waals surface area contributed by atoms with Gasteiger partial charge < -0.3 is 4.90 Å². The third kappa shape index (κ3) is 3.62. The molecule has 158 valence electrons. The lowest BCUT2D eigenvalue weighted by Crippen LogP contribution is -2.52. The van der Waals surface area contributed by atoms with E-state index in [2.05, 4.69) is 10.2 Å². The van der Waals surface area contributed by atoms with Crippen LogP contribution in [0.3, 0.4) is 0 Å². The van der Waals surface area contributed by atoms with Crippen molar-refractivity contribution in [3.8, 4) is 0 Å². The number of halogens is 1. The van der Waals surface area contributed by atoms with Crippen LogP contribution in [0.2, 0.25) is 5.02 Å². The van der Waals surface area contributed by atoms with Gasteiger partial charge in [0.2, 0.25) is 5.91 Å². The van der Waals surface area contributed by atoms with Crippen molar-refractivity contribution in [2.75, 3.05) is 19.6 Å². The Morgan fingerprint density at radius 1 is 1.07 bits per heavy atom. The summed E-state index contributed by atoms with van der Waals surface area (Å²) in [7, 11) is -3.74. The summed E-state index contributed by atoms with van der Waals surface area (Å²) in [6.45, 7) is 0.616. The van der Waals surface area contributed by atoms with Crippen LogP contribution < -0.4 is 0 Å². The molecule has 1 fully saturated rings. The summed E-state index contributed by atoms with van der Waals surface area (Å²) in [5, 5.41) is 10.4. The molecule has 1 saturated heterocycles. The van der Waals surface area contributed by atoms with Crippen molar-refractivity contribution in [2.24, 2.45) is 0 Å². The molecule has 3 heterocycles. The van der Waals surface area contributed by atoms with E-state index in [-0.39, 0.29) is 29.9 Å². The SMILES string of the molecule is O=C1CN(S(=O)(=O)c2cc3ccc(Cl)cc3s2)CCN1Cn1nc2c(n1)CCCC2. The van der Waals surface area contributed by atoms with Gasteiger partial charge in [0.25, 0.3) is 10.0 Å². The minimum absolute atomic E-state index is 0.182. The van der Waals surface area contributed by atoms with E-state index in [0.717, 1.165) is 47.2 Å². The number of rotatable bonds is 4. The number of amides is 1. The van der Waals surface area contributed by atoms with Crippen molar-refractivity contribution >= 4 is 49.0 Å². The van der Waals surface area contributed by atoms with E-state index >= 15 is 0 Å². The molecule has 0 saturated carbocycles. The summed E-state index contributed by atoms with van der Waals surface area (Å²) in [6.07, 6.45) is 4.08. The van der Waals surface area contributed by atoms with E-state index in [9.17, 15) is 13.2 Å². The van der Waals surface area contributed by atoms with Gasteiger partial charge >= 0.3 is 0 Å². The first kappa shape index (κ1) is 19.9. The predicted molar refractivity (Wildman–Crippen MR) is 114 cm³/mol. The maximum atomic E-state index is 13.1. The van der Waals surface area contributed by atoms with Crippen molar-refractivity contribution in [1.82, 2.24) is 24.2 Å². The number of thiophene rings is 1. The van der Waals surface area contributed by atoms with Crippen LogP contribution in [0.1, 0.15) is 24.2 Å². The van der Waals surface area contributed by atoms with Gasteiger partial charge in [-0.1, -0.05) is 17.7 Å². The maximum Gasteiger partial charge on any atom is 0.253 e. The molecule has 3 aromatic rings. The molecule has 1 aromatic carbocycles. The largest absolute Gasteiger partial charge is 0.319 e. The van der Waals surface area contributed by atoms with Crippen molar-refractivity contribution in [2.45, 2.75) is 36.6 Å². The molecule has 0 N–H and O–H groups in total. The molecular formula is C19H20ClN5O3S2. The Hall–Kier alpha value is -2.01. The van der Waals surface area contributed by atoms with Crippen LogP contribution in [-0.2, 0) is 34.3 Å². The van der Waals surface area contributed by atoms with E-state index in [1.54, 1.807) is 34.0 Å². The molecular weight excluding hydrogens is 446 g/mol. The zero-order chi connectivity index (χ0) is 20.9. The Bertz CT molecular complexity index is 1210. The van der Waals surface area contributed by atoms with Gasteiger partial charge in [-0.25, -0.2) is 8.42 Å². The van der Waals surface area contributed by atoms with E-state index in [0.29, 0.717) is 11.6 Å². The highest BCUT2D eigenvalue weighted by Crippen LogP contribution is 2.33. The summed E-state index contributed by atoms with van der Waals surface area (Å²) in [6, 6.07) is 6.92. The molecule has 11 heteroatoms. The topological polar surface area (TPSA) is 88.4 Å². The quantitative estimate of drug-likeness (QED) is 0.590. The standard InChI is InChI=1S/C19H20ClN5O3S2/c20-14-6-5-13-9-19(29-17(13)10-14)30(27,28)24-8-7-23(18(26)11-24)12-25-21-15-3-1-2-4-16(15)22-25/h5-6,9-10H,1-4,7-8,11-12H2. The minimum Gasteiger partial charge on any atom is -0.319 e. The molecule has 8 nitrogen and oxygen atoms in total. The first-order valence-corrected chi connectivity index (χ1v) is 12.4. The maximum absolute atomic E-state index is 13.1. The number of carbonyl (C=O) groups is 1. The van der Waals surface area contributed by atoms with E-state index in [4.69, 9.17) is 11.6 Å². The van der Waals surface area contributed by atoms with Crippen molar-refractivity contribution in [3.05, 3.63) is 40.7 Å². The summed E-state index contributed by atoms with van der Waals surface area (Å²) < 4.78 is 28.5. The van der Waals surface area contributed by atoms with Gasteiger partial charge in [0.05, 0.1) is 17.9 Å². The van der Waals surface area contributed by atoms with Crippen molar-refractivity contribution in [1.29, 1.82) is 0 Å². The molecule has 1 aliphatic heterocycles. The van der Waals surface area contributed by atoms with Gasteiger partial charge in [-0.15, -0.1) is 11.3 Å². The average molecular weight is 466 g/mol. The van der Waals surface area contributed by atoms with Gasteiger partial charge in [-0.3, -0.25) is 4.79 Å². The van der Waals surface area contributed by atoms with Gasteiger partial charge in [0.1, 0.15) is 10.9 Å². The Morgan fingerprint density at radius 2 is 1.80 bits per heavy atom. The number of piperazine rings is 1. The number of benzene rings is 1. The fraction of sp³-hybridized carbons (Fsp3) is 0.421. The Balaban J connectivity index is 1.30. The Labute approximate surface area is 183 Å².